The molecule has 0 fully saturated rings. The van der Waals surface area contributed by atoms with Crippen LogP contribution >= 0.6 is 11.6 Å². The number of hydrogen-bond acceptors (Lipinski definition) is 2. The Balaban J connectivity index is 1.87. The van der Waals surface area contributed by atoms with Crippen LogP contribution in [0.3, 0.4) is 0 Å². The fraction of sp³-hybridized carbons (Fsp3) is 0.263. The molecule has 1 N–H and O–H groups in total. The van der Waals surface area contributed by atoms with Gasteiger partial charge in [0.1, 0.15) is 5.76 Å². The summed E-state index contributed by atoms with van der Waals surface area (Å²) in [7, 11) is 0. The zero-order valence-electron chi connectivity index (χ0n) is 12.1. The number of hydrogen-bond donors (Lipinski definition) is 1. The van der Waals surface area contributed by atoms with E-state index in [-0.39, 0.29) is 5.92 Å². The standard InChI is InChI=1S/C19H17ClO2/c20-14-7-8-15-13(10-14)6-9-17-19(15)16(11-18(21)22-17)12-4-2-1-3-5-12/h1-5,7-8,10,16,18,21H,6,9,11H2/t16-,18?/m0/s1. The summed E-state index contributed by atoms with van der Waals surface area (Å²) in [6.45, 7) is 0. The van der Waals surface area contributed by atoms with Crippen LogP contribution in [0.2, 0.25) is 5.02 Å². The monoisotopic (exact) mass is 312 g/mol. The minimum atomic E-state index is -0.724. The number of halogens is 1. The molecule has 2 aromatic carbocycles. The second kappa shape index (κ2) is 5.45. The van der Waals surface area contributed by atoms with Crippen LogP contribution in [0.25, 0.3) is 5.57 Å². The number of allylic oxidation sites excluding steroid dienone is 2. The number of ether oxygens (including phenoxy) is 1. The van der Waals surface area contributed by atoms with Crippen molar-refractivity contribution in [1.29, 1.82) is 0 Å². The van der Waals surface area contributed by atoms with Crippen molar-refractivity contribution in [3.05, 3.63) is 76.0 Å². The van der Waals surface area contributed by atoms with Gasteiger partial charge in [-0.1, -0.05) is 48.0 Å². The van der Waals surface area contributed by atoms with Gasteiger partial charge < -0.3 is 9.84 Å². The molecule has 1 heterocycles. The summed E-state index contributed by atoms with van der Waals surface area (Å²) in [5.74, 6) is 1.10. The highest BCUT2D eigenvalue weighted by Gasteiger charge is 2.34. The van der Waals surface area contributed by atoms with E-state index in [1.54, 1.807) is 0 Å². The molecule has 2 aromatic rings. The molecule has 1 aliphatic heterocycles. The van der Waals surface area contributed by atoms with Gasteiger partial charge in [0.05, 0.1) is 0 Å². The first kappa shape index (κ1) is 13.9. The Hall–Kier alpha value is -1.77. The van der Waals surface area contributed by atoms with Gasteiger partial charge in [-0.3, -0.25) is 0 Å². The molecule has 0 radical (unpaired) electrons. The molecule has 1 unspecified atom stereocenters. The Bertz CT molecular complexity index is 736. The van der Waals surface area contributed by atoms with Gasteiger partial charge >= 0.3 is 0 Å². The van der Waals surface area contributed by atoms with Gasteiger partial charge in [-0.15, -0.1) is 0 Å². The zero-order valence-corrected chi connectivity index (χ0v) is 12.9. The minimum Gasteiger partial charge on any atom is -0.469 e. The molecule has 4 rings (SSSR count). The molecule has 112 valence electrons. The summed E-state index contributed by atoms with van der Waals surface area (Å²) >= 11 is 6.14. The van der Waals surface area contributed by atoms with E-state index in [1.807, 2.05) is 30.3 Å². The van der Waals surface area contributed by atoms with Crippen LogP contribution in [-0.4, -0.2) is 11.4 Å². The first-order chi connectivity index (χ1) is 10.7. The molecule has 3 heteroatoms. The molecule has 22 heavy (non-hydrogen) atoms. The van der Waals surface area contributed by atoms with Crippen LogP contribution in [-0.2, 0) is 11.2 Å². The average molecular weight is 313 g/mol. The van der Waals surface area contributed by atoms with E-state index >= 15 is 0 Å². The fourth-order valence-corrected chi connectivity index (χ4v) is 3.78. The summed E-state index contributed by atoms with van der Waals surface area (Å²) in [4.78, 5) is 0. The van der Waals surface area contributed by atoms with Crippen molar-refractivity contribution in [1.82, 2.24) is 0 Å². The SMILES string of the molecule is OC1C[C@@H](c2ccccc2)C2=C(CCc3cc(Cl)ccc32)O1. The maximum atomic E-state index is 10.1. The quantitative estimate of drug-likeness (QED) is 0.839. The predicted octanol–water partition coefficient (Wildman–Crippen LogP) is 4.52. The Morgan fingerprint density at radius 2 is 1.86 bits per heavy atom. The summed E-state index contributed by atoms with van der Waals surface area (Å²) in [5, 5.41) is 10.9. The summed E-state index contributed by atoms with van der Waals surface area (Å²) in [6, 6.07) is 16.4. The van der Waals surface area contributed by atoms with E-state index in [4.69, 9.17) is 16.3 Å². The highest BCUT2D eigenvalue weighted by molar-refractivity contribution is 6.30. The molecule has 1 aliphatic carbocycles. The number of rotatable bonds is 1. The van der Waals surface area contributed by atoms with Crippen molar-refractivity contribution in [2.45, 2.75) is 31.5 Å². The van der Waals surface area contributed by atoms with Crippen molar-refractivity contribution in [2.24, 2.45) is 0 Å². The maximum absolute atomic E-state index is 10.1. The zero-order chi connectivity index (χ0) is 15.1. The maximum Gasteiger partial charge on any atom is 0.197 e. The highest BCUT2D eigenvalue weighted by Crippen LogP contribution is 2.47. The Labute approximate surface area is 135 Å². The number of aryl methyl sites for hydroxylation is 1. The molecular weight excluding hydrogens is 296 g/mol. The summed E-state index contributed by atoms with van der Waals surface area (Å²) in [6.07, 6.45) is 1.59. The third-order valence-corrected chi connectivity index (χ3v) is 4.78. The molecule has 0 saturated heterocycles. The fourth-order valence-electron chi connectivity index (χ4n) is 3.59. The van der Waals surface area contributed by atoms with E-state index in [1.165, 1.54) is 22.3 Å². The average Bonchev–Trinajstić information content (AvgIpc) is 2.54. The van der Waals surface area contributed by atoms with Crippen molar-refractivity contribution >= 4 is 17.2 Å². The first-order valence-corrected chi connectivity index (χ1v) is 8.01. The first-order valence-electron chi connectivity index (χ1n) is 7.64. The molecule has 0 saturated carbocycles. The van der Waals surface area contributed by atoms with Crippen molar-refractivity contribution in [3.8, 4) is 0 Å². The van der Waals surface area contributed by atoms with Gasteiger partial charge in [-0.25, -0.2) is 0 Å². The van der Waals surface area contributed by atoms with Gasteiger partial charge in [-0.2, -0.15) is 0 Å². The number of benzene rings is 2. The van der Waals surface area contributed by atoms with Gasteiger partial charge in [0.2, 0.25) is 0 Å². The normalized spacial score (nSPS) is 23.5. The number of aliphatic hydroxyl groups is 1. The lowest BCUT2D eigenvalue weighted by Gasteiger charge is -2.36. The predicted molar refractivity (Wildman–Crippen MR) is 87.6 cm³/mol. The largest absolute Gasteiger partial charge is 0.469 e. The Morgan fingerprint density at radius 3 is 2.68 bits per heavy atom. The van der Waals surface area contributed by atoms with Crippen LogP contribution < -0.4 is 0 Å². The van der Waals surface area contributed by atoms with E-state index < -0.39 is 6.29 Å². The topological polar surface area (TPSA) is 29.5 Å². The highest BCUT2D eigenvalue weighted by atomic mass is 35.5. The molecular formula is C19H17ClO2. The van der Waals surface area contributed by atoms with Crippen LogP contribution in [0.5, 0.6) is 0 Å². The lowest BCUT2D eigenvalue weighted by Crippen LogP contribution is -2.26. The van der Waals surface area contributed by atoms with Crippen LogP contribution in [0.1, 0.15) is 35.4 Å². The smallest absolute Gasteiger partial charge is 0.197 e. The summed E-state index contributed by atoms with van der Waals surface area (Å²) < 4.78 is 5.73. The summed E-state index contributed by atoms with van der Waals surface area (Å²) in [5.41, 5.74) is 4.92. The third-order valence-electron chi connectivity index (χ3n) is 4.55. The van der Waals surface area contributed by atoms with Gasteiger partial charge in [0.15, 0.2) is 6.29 Å². The second-order valence-electron chi connectivity index (χ2n) is 5.91. The van der Waals surface area contributed by atoms with E-state index in [9.17, 15) is 5.11 Å². The second-order valence-corrected chi connectivity index (χ2v) is 6.35. The van der Waals surface area contributed by atoms with Crippen LogP contribution in [0.15, 0.2) is 54.3 Å². The molecule has 0 bridgehead atoms. The Morgan fingerprint density at radius 1 is 1.05 bits per heavy atom. The number of aliphatic hydroxyl groups excluding tert-OH is 1. The third kappa shape index (κ3) is 2.33. The molecule has 0 amide bonds. The lowest BCUT2D eigenvalue weighted by molar-refractivity contribution is -0.0809. The van der Waals surface area contributed by atoms with Crippen LogP contribution in [0.4, 0.5) is 0 Å². The molecule has 0 spiro atoms. The Kier molecular flexibility index (Phi) is 3.44. The van der Waals surface area contributed by atoms with Gasteiger partial charge in [0.25, 0.3) is 0 Å². The molecule has 2 aliphatic rings. The number of fused-ring (bicyclic) bond motifs is 2. The van der Waals surface area contributed by atoms with Crippen molar-refractivity contribution < 1.29 is 9.84 Å². The van der Waals surface area contributed by atoms with Crippen molar-refractivity contribution in [3.63, 3.8) is 0 Å². The van der Waals surface area contributed by atoms with E-state index in [0.717, 1.165) is 23.6 Å². The molecule has 0 aromatic heterocycles. The van der Waals surface area contributed by atoms with Crippen LogP contribution in [0, 0.1) is 0 Å². The minimum absolute atomic E-state index is 0.167. The van der Waals surface area contributed by atoms with E-state index in [2.05, 4.69) is 18.2 Å². The van der Waals surface area contributed by atoms with Gasteiger partial charge in [-0.05, 0) is 35.2 Å². The van der Waals surface area contributed by atoms with Gasteiger partial charge in [0, 0.05) is 29.4 Å². The van der Waals surface area contributed by atoms with Crippen molar-refractivity contribution in [2.75, 3.05) is 0 Å². The molecule has 2 nitrogen and oxygen atoms in total. The lowest BCUT2D eigenvalue weighted by atomic mass is 9.77. The molecule has 2 atom stereocenters. The van der Waals surface area contributed by atoms with E-state index in [0.29, 0.717) is 6.42 Å².